The van der Waals surface area contributed by atoms with E-state index in [9.17, 15) is 4.79 Å². The fourth-order valence-electron chi connectivity index (χ4n) is 5.58. The molecular formula is C33H27NO2S2. The van der Waals surface area contributed by atoms with Gasteiger partial charge in [0.15, 0.2) is 5.76 Å². The van der Waals surface area contributed by atoms with Gasteiger partial charge in [0.25, 0.3) is 0 Å². The van der Waals surface area contributed by atoms with Crippen molar-refractivity contribution in [3.63, 3.8) is 0 Å². The molecule has 0 bridgehead atoms. The minimum Gasteiger partial charge on any atom is -0.452 e. The molecule has 3 nitrogen and oxygen atoms in total. The molecule has 0 N–H and O–H groups in total. The van der Waals surface area contributed by atoms with Gasteiger partial charge in [-0.15, -0.1) is 22.7 Å². The highest BCUT2D eigenvalue weighted by Crippen LogP contribution is 2.49. The van der Waals surface area contributed by atoms with Crippen LogP contribution in [0.1, 0.15) is 59.4 Å². The number of ether oxygens (including phenoxy) is 1. The first kappa shape index (κ1) is 23.4. The van der Waals surface area contributed by atoms with Crippen LogP contribution in [0.2, 0.25) is 0 Å². The van der Waals surface area contributed by atoms with Crippen LogP contribution >= 0.6 is 22.7 Å². The maximum atomic E-state index is 12.8. The predicted octanol–water partition coefficient (Wildman–Crippen LogP) is 8.47. The molecule has 38 heavy (non-hydrogen) atoms. The minimum atomic E-state index is -0.0269. The molecule has 1 aliphatic heterocycles. The zero-order valence-electron chi connectivity index (χ0n) is 21.4. The van der Waals surface area contributed by atoms with Crippen LogP contribution in [0.3, 0.4) is 0 Å². The van der Waals surface area contributed by atoms with E-state index < -0.39 is 0 Å². The Labute approximate surface area is 231 Å². The average molecular weight is 534 g/mol. The van der Waals surface area contributed by atoms with E-state index in [1.165, 1.54) is 48.2 Å². The molecule has 2 aliphatic carbocycles. The van der Waals surface area contributed by atoms with Gasteiger partial charge < -0.3 is 9.64 Å². The van der Waals surface area contributed by atoms with Crippen molar-refractivity contribution in [3.05, 3.63) is 108 Å². The van der Waals surface area contributed by atoms with Crippen molar-refractivity contribution in [2.24, 2.45) is 0 Å². The first-order valence-electron chi connectivity index (χ1n) is 13.0. The zero-order chi connectivity index (χ0) is 25.8. The number of ketones is 1. The number of para-hydroxylation sites is 1. The lowest BCUT2D eigenvalue weighted by Gasteiger charge is -2.11. The lowest BCUT2D eigenvalue weighted by atomic mass is 10.1. The molecule has 5 heteroatoms. The summed E-state index contributed by atoms with van der Waals surface area (Å²) in [7, 11) is 4.13. The number of hydrogen-bond acceptors (Lipinski definition) is 5. The van der Waals surface area contributed by atoms with Gasteiger partial charge >= 0.3 is 0 Å². The molecular weight excluding hydrogens is 507 g/mol. The first-order chi connectivity index (χ1) is 18.5. The van der Waals surface area contributed by atoms with Gasteiger partial charge in [0.2, 0.25) is 5.78 Å². The van der Waals surface area contributed by atoms with Gasteiger partial charge in [-0.25, -0.2) is 0 Å². The van der Waals surface area contributed by atoms with Crippen molar-refractivity contribution in [2.75, 3.05) is 19.0 Å². The van der Waals surface area contributed by atoms with E-state index in [0.29, 0.717) is 17.1 Å². The second-order valence-corrected chi connectivity index (χ2v) is 12.4. The third-order valence-corrected chi connectivity index (χ3v) is 9.94. The summed E-state index contributed by atoms with van der Waals surface area (Å²) in [5.41, 5.74) is 9.00. The number of rotatable bonds is 4. The second-order valence-electron chi connectivity index (χ2n) is 10.2. The molecule has 0 amide bonds. The second kappa shape index (κ2) is 9.26. The zero-order valence-corrected chi connectivity index (χ0v) is 23.0. The summed E-state index contributed by atoms with van der Waals surface area (Å²) < 4.78 is 5.87. The molecule has 0 atom stereocenters. The molecule has 2 aromatic carbocycles. The number of allylic oxidation sites excluding steroid dienone is 3. The van der Waals surface area contributed by atoms with Gasteiger partial charge in [-0.1, -0.05) is 30.3 Å². The number of carbonyl (C=O) groups is 1. The predicted molar refractivity (Wildman–Crippen MR) is 161 cm³/mol. The van der Waals surface area contributed by atoms with Gasteiger partial charge in [0.05, 0.1) is 5.56 Å². The Hall–Kier alpha value is -3.67. The lowest BCUT2D eigenvalue weighted by molar-refractivity contribution is 0.101. The summed E-state index contributed by atoms with van der Waals surface area (Å²) in [5.74, 6) is 1.05. The van der Waals surface area contributed by atoms with Crippen LogP contribution in [-0.2, 0) is 12.8 Å². The number of carbonyl (C=O) groups excluding carboxylic acids is 1. The molecule has 0 saturated heterocycles. The van der Waals surface area contributed by atoms with Gasteiger partial charge in [-0.2, -0.15) is 0 Å². The van der Waals surface area contributed by atoms with Crippen molar-refractivity contribution in [3.8, 4) is 5.75 Å². The van der Waals surface area contributed by atoms with E-state index in [1.54, 1.807) is 11.3 Å². The van der Waals surface area contributed by atoms with Crippen molar-refractivity contribution in [2.45, 2.75) is 25.7 Å². The van der Waals surface area contributed by atoms with Crippen molar-refractivity contribution < 1.29 is 9.53 Å². The van der Waals surface area contributed by atoms with E-state index in [0.717, 1.165) is 30.6 Å². The third kappa shape index (κ3) is 4.07. The SMILES string of the molecule is CN(C)c1ccc(/C=C/c2cc3c(s2)/C(=C2/CCc4cc(/C=C5\Oc6ccccc6C5=O)sc42)CC3)cc1. The van der Waals surface area contributed by atoms with Gasteiger partial charge in [-0.3, -0.25) is 4.79 Å². The summed E-state index contributed by atoms with van der Waals surface area (Å²) in [4.78, 5) is 20.2. The number of fused-ring (bicyclic) bond motifs is 3. The van der Waals surface area contributed by atoms with E-state index in [2.05, 4.69) is 67.5 Å². The minimum absolute atomic E-state index is 0.0269. The highest BCUT2D eigenvalue weighted by atomic mass is 32.1. The molecule has 7 rings (SSSR count). The highest BCUT2D eigenvalue weighted by molar-refractivity contribution is 7.15. The van der Waals surface area contributed by atoms with E-state index in [-0.39, 0.29) is 5.78 Å². The van der Waals surface area contributed by atoms with Crippen LogP contribution in [-0.4, -0.2) is 19.9 Å². The number of Topliss-reactive ketones (excluding diaryl/α,β-unsaturated/α-hetero) is 1. The molecule has 188 valence electrons. The molecule has 0 spiro atoms. The Balaban J connectivity index is 1.15. The summed E-state index contributed by atoms with van der Waals surface area (Å²) in [6, 6.07) is 20.8. The monoisotopic (exact) mass is 533 g/mol. The fourth-order valence-corrected chi connectivity index (χ4v) is 8.04. The van der Waals surface area contributed by atoms with E-state index >= 15 is 0 Å². The van der Waals surface area contributed by atoms with Crippen LogP contribution < -0.4 is 9.64 Å². The van der Waals surface area contributed by atoms with Crippen molar-refractivity contribution in [1.82, 2.24) is 0 Å². The number of thiophene rings is 2. The van der Waals surface area contributed by atoms with Gasteiger partial charge in [0.1, 0.15) is 5.75 Å². The summed E-state index contributed by atoms with van der Waals surface area (Å²) in [5, 5.41) is 0. The number of anilines is 1. The summed E-state index contributed by atoms with van der Waals surface area (Å²) in [6.45, 7) is 0. The molecule has 3 aliphatic rings. The highest BCUT2D eigenvalue weighted by Gasteiger charge is 2.30. The third-order valence-electron chi connectivity index (χ3n) is 7.56. The molecule has 0 radical (unpaired) electrons. The largest absolute Gasteiger partial charge is 0.452 e. The lowest BCUT2D eigenvalue weighted by Crippen LogP contribution is -2.07. The van der Waals surface area contributed by atoms with Crippen LogP contribution in [0.5, 0.6) is 5.75 Å². The summed E-state index contributed by atoms with van der Waals surface area (Å²) >= 11 is 3.72. The maximum Gasteiger partial charge on any atom is 0.231 e. The standard InChI is InChI=1S/C33H27NO2S2/c1-34(2)23-12-7-20(8-13-23)9-14-24-17-21-10-15-26(32(21)37-24)27-16-11-22-18-25(38-33(22)27)19-30-31(35)28-5-3-4-6-29(28)36-30/h3-9,12-14,17-19H,10-11,15-16H2,1-2H3/b14-9+,27-26-,30-19-. The Bertz CT molecular complexity index is 1680. The summed E-state index contributed by atoms with van der Waals surface area (Å²) in [6.07, 6.45) is 10.8. The van der Waals surface area contributed by atoms with E-state index in [4.69, 9.17) is 4.74 Å². The Morgan fingerprint density at radius 3 is 2.13 bits per heavy atom. The topological polar surface area (TPSA) is 29.5 Å². The number of aryl methyl sites for hydroxylation is 2. The molecule has 0 unspecified atom stereocenters. The Morgan fingerprint density at radius 1 is 0.789 bits per heavy atom. The van der Waals surface area contributed by atoms with Gasteiger partial charge in [-0.05, 0) is 96.0 Å². The molecule has 0 fully saturated rings. The van der Waals surface area contributed by atoms with Crippen LogP contribution in [0, 0.1) is 0 Å². The van der Waals surface area contributed by atoms with E-state index in [1.807, 2.05) is 41.7 Å². The Morgan fingerprint density at radius 2 is 1.45 bits per heavy atom. The quantitative estimate of drug-likeness (QED) is 0.246. The molecule has 4 aromatic rings. The molecule has 3 heterocycles. The van der Waals surface area contributed by atoms with Gasteiger partial charge in [0, 0.05) is 45.4 Å². The maximum absolute atomic E-state index is 12.8. The number of hydrogen-bond donors (Lipinski definition) is 0. The average Bonchev–Trinajstić information content (AvgIpc) is 3.72. The number of benzene rings is 2. The fraction of sp³-hybridized carbons (Fsp3) is 0.182. The van der Waals surface area contributed by atoms with Crippen molar-refractivity contribution >= 4 is 63.5 Å². The normalized spacial score (nSPS) is 18.8. The Kier molecular flexibility index (Phi) is 5.71. The molecule has 0 saturated carbocycles. The van der Waals surface area contributed by atoms with Crippen LogP contribution in [0.25, 0.3) is 29.4 Å². The van der Waals surface area contributed by atoms with Crippen LogP contribution in [0.15, 0.2) is 66.4 Å². The smallest absolute Gasteiger partial charge is 0.231 e. The van der Waals surface area contributed by atoms with Crippen LogP contribution in [0.4, 0.5) is 5.69 Å². The molecule has 2 aromatic heterocycles. The number of nitrogens with zero attached hydrogens (tertiary/aromatic N) is 1. The van der Waals surface area contributed by atoms with Crippen molar-refractivity contribution in [1.29, 1.82) is 0 Å². The first-order valence-corrected chi connectivity index (χ1v) is 14.6.